The molecule has 1 unspecified atom stereocenters. The van der Waals surface area contributed by atoms with E-state index in [1.54, 1.807) is 4.31 Å². The van der Waals surface area contributed by atoms with Gasteiger partial charge in [-0.3, -0.25) is 0 Å². The number of hydrogen-bond donors (Lipinski definition) is 1. The molecule has 1 aliphatic heterocycles. The zero-order chi connectivity index (χ0) is 14.8. The molecule has 0 aromatic carbocycles. The third kappa shape index (κ3) is 3.32. The number of nitrogens with two attached hydrogens (primary N) is 1. The van der Waals surface area contributed by atoms with Crippen molar-refractivity contribution in [2.45, 2.75) is 37.5 Å². The predicted molar refractivity (Wildman–Crippen MR) is 82.7 cm³/mol. The van der Waals surface area contributed by atoms with Gasteiger partial charge in [0, 0.05) is 23.8 Å². The van der Waals surface area contributed by atoms with Gasteiger partial charge in [-0.2, -0.15) is 4.31 Å². The summed E-state index contributed by atoms with van der Waals surface area (Å²) in [6.07, 6.45) is 5.52. The van der Waals surface area contributed by atoms with Crippen molar-refractivity contribution in [3.05, 3.63) is 16.7 Å². The van der Waals surface area contributed by atoms with E-state index in [1.165, 1.54) is 12.3 Å². The van der Waals surface area contributed by atoms with Crippen molar-refractivity contribution in [2.75, 3.05) is 18.8 Å². The normalized spacial score (nSPS) is 21.6. The Balaban J connectivity index is 2.28. The molecule has 2 rings (SSSR count). The van der Waals surface area contributed by atoms with Gasteiger partial charge >= 0.3 is 0 Å². The number of pyridine rings is 1. The maximum Gasteiger partial charge on any atom is 0.246 e. The summed E-state index contributed by atoms with van der Waals surface area (Å²) < 4.78 is 27.5. The van der Waals surface area contributed by atoms with Crippen molar-refractivity contribution in [3.63, 3.8) is 0 Å². The van der Waals surface area contributed by atoms with Crippen LogP contribution in [0.2, 0.25) is 0 Å². The van der Waals surface area contributed by atoms with E-state index in [2.05, 4.69) is 27.8 Å². The molecule has 2 heterocycles. The van der Waals surface area contributed by atoms with Crippen LogP contribution < -0.4 is 5.73 Å². The summed E-state index contributed by atoms with van der Waals surface area (Å²) in [6, 6.07) is 1.53. The summed E-state index contributed by atoms with van der Waals surface area (Å²) in [6.45, 7) is 3.28. The standard InChI is InChI=1S/C13H20BrN3O2S/c1-2-10-4-3-6-17(7-5-10)20(18,19)12-8-11(14)9-16-13(12)15/h8-10H,2-7H2,1H3,(H2,15,16). The fourth-order valence-corrected chi connectivity index (χ4v) is 4.63. The first-order chi connectivity index (χ1) is 9.45. The minimum Gasteiger partial charge on any atom is -0.383 e. The number of halogens is 1. The summed E-state index contributed by atoms with van der Waals surface area (Å²) in [4.78, 5) is 4.02. The Hall–Kier alpha value is -0.660. The number of nitrogen functional groups attached to an aromatic ring is 1. The summed E-state index contributed by atoms with van der Waals surface area (Å²) in [7, 11) is -3.55. The van der Waals surface area contributed by atoms with Crippen LogP contribution in [0.15, 0.2) is 21.6 Å². The SMILES string of the molecule is CCC1CCCN(S(=O)(=O)c2cc(Br)cnc2N)CC1. The van der Waals surface area contributed by atoms with Crippen LogP contribution in [0.1, 0.15) is 32.6 Å². The van der Waals surface area contributed by atoms with E-state index in [1.807, 2.05) is 0 Å². The quantitative estimate of drug-likeness (QED) is 0.897. The third-order valence-electron chi connectivity index (χ3n) is 3.85. The molecule has 2 N–H and O–H groups in total. The Labute approximate surface area is 128 Å². The lowest BCUT2D eigenvalue weighted by molar-refractivity contribution is 0.407. The van der Waals surface area contributed by atoms with E-state index in [0.717, 1.165) is 25.7 Å². The number of hydrogen-bond acceptors (Lipinski definition) is 4. The molecule has 1 aromatic rings. The van der Waals surface area contributed by atoms with Crippen LogP contribution in [0.4, 0.5) is 5.82 Å². The average molecular weight is 362 g/mol. The summed E-state index contributed by atoms with van der Waals surface area (Å²) in [5.41, 5.74) is 5.74. The monoisotopic (exact) mass is 361 g/mol. The second kappa shape index (κ2) is 6.41. The maximum absolute atomic E-state index is 12.7. The molecule has 0 amide bonds. The first-order valence-corrected chi connectivity index (χ1v) is 9.09. The average Bonchev–Trinajstić information content (AvgIpc) is 2.67. The van der Waals surface area contributed by atoms with Crippen LogP contribution in [0.25, 0.3) is 0 Å². The highest BCUT2D eigenvalue weighted by molar-refractivity contribution is 9.10. The zero-order valence-electron chi connectivity index (χ0n) is 11.5. The van der Waals surface area contributed by atoms with Crippen molar-refractivity contribution in [3.8, 4) is 0 Å². The Bertz CT molecular complexity index is 577. The summed E-state index contributed by atoms with van der Waals surface area (Å²) >= 11 is 3.25. The fourth-order valence-electron chi connectivity index (χ4n) is 2.56. The van der Waals surface area contributed by atoms with Crippen molar-refractivity contribution in [1.29, 1.82) is 0 Å². The van der Waals surface area contributed by atoms with E-state index < -0.39 is 10.0 Å². The van der Waals surface area contributed by atoms with Crippen LogP contribution in [0.3, 0.4) is 0 Å². The van der Waals surface area contributed by atoms with Gasteiger partial charge in [0.1, 0.15) is 10.7 Å². The van der Waals surface area contributed by atoms with Gasteiger partial charge in [-0.15, -0.1) is 0 Å². The third-order valence-corrected chi connectivity index (χ3v) is 6.21. The highest BCUT2D eigenvalue weighted by atomic mass is 79.9. The first kappa shape index (κ1) is 15.7. The van der Waals surface area contributed by atoms with Crippen molar-refractivity contribution < 1.29 is 8.42 Å². The molecule has 1 aliphatic rings. The molecule has 112 valence electrons. The second-order valence-corrected chi connectivity index (χ2v) is 7.97. The smallest absolute Gasteiger partial charge is 0.246 e. The molecule has 0 aliphatic carbocycles. The molecule has 20 heavy (non-hydrogen) atoms. The first-order valence-electron chi connectivity index (χ1n) is 6.86. The van der Waals surface area contributed by atoms with Gasteiger partial charge in [-0.25, -0.2) is 13.4 Å². The molecular formula is C13H20BrN3O2S. The van der Waals surface area contributed by atoms with Gasteiger partial charge in [0.05, 0.1) is 0 Å². The lowest BCUT2D eigenvalue weighted by atomic mass is 9.98. The molecule has 0 spiro atoms. The Morgan fingerprint density at radius 1 is 1.45 bits per heavy atom. The van der Waals surface area contributed by atoms with Crippen molar-refractivity contribution in [2.24, 2.45) is 5.92 Å². The predicted octanol–water partition coefficient (Wildman–Crippen LogP) is 2.63. The van der Waals surface area contributed by atoms with Gasteiger partial charge < -0.3 is 5.73 Å². The molecule has 1 atom stereocenters. The van der Waals surface area contributed by atoms with Gasteiger partial charge in [0.2, 0.25) is 10.0 Å². The summed E-state index contributed by atoms with van der Waals surface area (Å²) in [5, 5.41) is 0. The van der Waals surface area contributed by atoms with E-state index in [-0.39, 0.29) is 10.7 Å². The number of anilines is 1. The van der Waals surface area contributed by atoms with Crippen molar-refractivity contribution >= 4 is 31.8 Å². The number of rotatable bonds is 3. The van der Waals surface area contributed by atoms with Gasteiger partial charge in [0.15, 0.2) is 0 Å². The van der Waals surface area contributed by atoms with Crippen LogP contribution in [-0.2, 0) is 10.0 Å². The van der Waals surface area contributed by atoms with Crippen LogP contribution >= 0.6 is 15.9 Å². The topological polar surface area (TPSA) is 76.3 Å². The van der Waals surface area contributed by atoms with E-state index in [0.29, 0.717) is 23.5 Å². The molecule has 1 saturated heterocycles. The van der Waals surface area contributed by atoms with Crippen molar-refractivity contribution in [1.82, 2.24) is 9.29 Å². The zero-order valence-corrected chi connectivity index (χ0v) is 14.0. The van der Waals surface area contributed by atoms with Gasteiger partial charge in [-0.05, 0) is 47.2 Å². The Morgan fingerprint density at radius 3 is 2.90 bits per heavy atom. The molecule has 0 bridgehead atoms. The van der Waals surface area contributed by atoms with Crippen LogP contribution in [0, 0.1) is 5.92 Å². The van der Waals surface area contributed by atoms with Gasteiger partial charge in [0.25, 0.3) is 0 Å². The Morgan fingerprint density at radius 2 is 2.20 bits per heavy atom. The van der Waals surface area contributed by atoms with E-state index >= 15 is 0 Å². The Kier molecular flexibility index (Phi) is 5.04. The van der Waals surface area contributed by atoms with E-state index in [4.69, 9.17) is 5.73 Å². The molecule has 0 radical (unpaired) electrons. The molecule has 7 heteroatoms. The lowest BCUT2D eigenvalue weighted by Crippen LogP contribution is -2.32. The number of sulfonamides is 1. The largest absolute Gasteiger partial charge is 0.383 e. The van der Waals surface area contributed by atoms with Gasteiger partial charge in [-0.1, -0.05) is 13.3 Å². The fraction of sp³-hybridized carbons (Fsp3) is 0.615. The molecule has 0 saturated carbocycles. The molecule has 1 aromatic heterocycles. The van der Waals surface area contributed by atoms with E-state index in [9.17, 15) is 8.42 Å². The minimum absolute atomic E-state index is 0.0597. The molecule has 5 nitrogen and oxygen atoms in total. The highest BCUT2D eigenvalue weighted by Gasteiger charge is 2.29. The molecule has 1 fully saturated rings. The van der Waals surface area contributed by atoms with Crippen LogP contribution in [0.5, 0.6) is 0 Å². The second-order valence-electron chi connectivity index (χ2n) is 5.15. The number of nitrogens with zero attached hydrogens (tertiary/aromatic N) is 2. The van der Waals surface area contributed by atoms with Crippen LogP contribution in [-0.4, -0.2) is 30.8 Å². The molecular weight excluding hydrogens is 342 g/mol. The minimum atomic E-state index is -3.55. The number of aromatic nitrogens is 1. The summed E-state index contributed by atoms with van der Waals surface area (Å²) in [5.74, 6) is 0.678. The highest BCUT2D eigenvalue weighted by Crippen LogP contribution is 2.28. The lowest BCUT2D eigenvalue weighted by Gasteiger charge is -2.21. The maximum atomic E-state index is 12.7.